The molecule has 1 aliphatic rings. The smallest absolute Gasteiger partial charge is 0.407 e. The number of rotatable bonds is 6. The zero-order valence-electron chi connectivity index (χ0n) is 19.8. The van der Waals surface area contributed by atoms with Crippen LogP contribution in [0.2, 0.25) is 10.0 Å². The molecule has 0 spiro atoms. The number of halogens is 3. The maximum atomic E-state index is 13.0. The van der Waals surface area contributed by atoms with Crippen molar-refractivity contribution in [1.29, 1.82) is 0 Å². The molecule has 0 bridgehead atoms. The minimum absolute atomic E-state index is 0.0348. The van der Waals surface area contributed by atoms with Gasteiger partial charge in [-0.15, -0.1) is 0 Å². The summed E-state index contributed by atoms with van der Waals surface area (Å²) in [5, 5.41) is 6.44. The Morgan fingerprint density at radius 3 is 2.61 bits per heavy atom. The standard InChI is InChI=1S/C27H21BrCl2N4O4/c28-21-6-2-5-20(25(21)30)19-4-1-3-18(24(19)29)15-9-10-34-22(11-15)31-12-16(26(34)36)14-38-27(37)32-13-17-7-8-23(35)33-17/h1-6,9-12,17H,7-8,13-14H2,(H,32,37)(H,33,35)/t17-/m0/s1. The number of nitrogens with one attached hydrogen (secondary N) is 2. The van der Waals surface area contributed by atoms with Crippen LogP contribution in [0.4, 0.5) is 4.79 Å². The molecule has 1 saturated heterocycles. The van der Waals surface area contributed by atoms with Gasteiger partial charge in [-0.05, 0) is 46.1 Å². The third-order valence-electron chi connectivity index (χ3n) is 6.27. The number of nitrogens with zero attached hydrogens (tertiary/aromatic N) is 2. The molecule has 0 saturated carbocycles. The lowest BCUT2D eigenvalue weighted by atomic mass is 9.99. The van der Waals surface area contributed by atoms with Crippen molar-refractivity contribution < 1.29 is 14.3 Å². The average Bonchev–Trinajstić information content (AvgIpc) is 3.34. The number of hydrogen-bond donors (Lipinski definition) is 2. The molecule has 8 nitrogen and oxygen atoms in total. The number of carbonyl (C=O) groups excluding carboxylic acids is 2. The van der Waals surface area contributed by atoms with Crippen LogP contribution in [0.5, 0.6) is 0 Å². The summed E-state index contributed by atoms with van der Waals surface area (Å²) in [6, 6.07) is 14.8. The molecular weight excluding hydrogens is 595 g/mol. The van der Waals surface area contributed by atoms with E-state index in [1.165, 1.54) is 10.6 Å². The number of carbonyl (C=O) groups is 2. The zero-order valence-corrected chi connectivity index (χ0v) is 22.9. The van der Waals surface area contributed by atoms with E-state index >= 15 is 0 Å². The van der Waals surface area contributed by atoms with Gasteiger partial charge in [-0.1, -0.05) is 53.5 Å². The molecule has 0 radical (unpaired) electrons. The highest BCUT2D eigenvalue weighted by atomic mass is 79.9. The van der Waals surface area contributed by atoms with Crippen LogP contribution >= 0.6 is 39.1 Å². The first-order valence-corrected chi connectivity index (χ1v) is 13.3. The maximum absolute atomic E-state index is 13.0. The molecule has 38 heavy (non-hydrogen) atoms. The second-order valence-corrected chi connectivity index (χ2v) is 10.4. The molecule has 1 atom stereocenters. The molecule has 5 rings (SSSR count). The van der Waals surface area contributed by atoms with E-state index in [4.69, 9.17) is 27.9 Å². The van der Waals surface area contributed by atoms with E-state index in [9.17, 15) is 14.4 Å². The monoisotopic (exact) mass is 614 g/mol. The van der Waals surface area contributed by atoms with Crippen molar-refractivity contribution in [2.45, 2.75) is 25.5 Å². The van der Waals surface area contributed by atoms with Crippen LogP contribution in [0.1, 0.15) is 18.4 Å². The van der Waals surface area contributed by atoms with Crippen molar-refractivity contribution in [2.75, 3.05) is 6.54 Å². The molecule has 2 N–H and O–H groups in total. The number of amides is 2. The van der Waals surface area contributed by atoms with E-state index < -0.39 is 6.09 Å². The summed E-state index contributed by atoms with van der Waals surface area (Å²) in [5.41, 5.74) is 3.41. The lowest BCUT2D eigenvalue weighted by Crippen LogP contribution is -2.38. The SMILES string of the molecule is O=C1CC[C@@H](CNC(=O)OCc2cnc3cc(-c4cccc(-c5cccc(Br)c5Cl)c4Cl)ccn3c2=O)N1. The Kier molecular flexibility index (Phi) is 7.69. The van der Waals surface area contributed by atoms with E-state index in [2.05, 4.69) is 31.5 Å². The first-order valence-electron chi connectivity index (χ1n) is 11.8. The Hall–Kier alpha value is -3.40. The molecule has 3 heterocycles. The van der Waals surface area contributed by atoms with Crippen LogP contribution in [0.3, 0.4) is 0 Å². The van der Waals surface area contributed by atoms with Gasteiger partial charge in [0.2, 0.25) is 5.91 Å². The predicted octanol–water partition coefficient (Wildman–Crippen LogP) is 5.60. The van der Waals surface area contributed by atoms with Gasteiger partial charge in [0, 0.05) is 52.6 Å². The number of ether oxygens (including phenoxy) is 1. The summed E-state index contributed by atoms with van der Waals surface area (Å²) in [5.74, 6) is -0.0348. The van der Waals surface area contributed by atoms with Crippen molar-refractivity contribution in [2.24, 2.45) is 0 Å². The fraction of sp³-hybridized carbons (Fsp3) is 0.185. The Morgan fingerprint density at radius 1 is 1.11 bits per heavy atom. The summed E-state index contributed by atoms with van der Waals surface area (Å²) < 4.78 is 7.34. The van der Waals surface area contributed by atoms with Crippen LogP contribution in [-0.4, -0.2) is 34.0 Å². The van der Waals surface area contributed by atoms with E-state index in [1.807, 2.05) is 36.4 Å². The van der Waals surface area contributed by atoms with Crippen LogP contribution in [0.15, 0.2) is 70.2 Å². The van der Waals surface area contributed by atoms with E-state index in [1.54, 1.807) is 18.3 Å². The fourth-order valence-corrected chi connectivity index (χ4v) is 5.22. The second-order valence-electron chi connectivity index (χ2n) is 8.76. The maximum Gasteiger partial charge on any atom is 0.407 e. The van der Waals surface area contributed by atoms with Crippen LogP contribution in [0.25, 0.3) is 27.9 Å². The van der Waals surface area contributed by atoms with E-state index in [0.717, 1.165) is 26.7 Å². The van der Waals surface area contributed by atoms with Crippen molar-refractivity contribution in [3.8, 4) is 22.3 Å². The largest absolute Gasteiger partial charge is 0.444 e. The summed E-state index contributed by atoms with van der Waals surface area (Å²) in [6.07, 6.45) is 3.43. The lowest BCUT2D eigenvalue weighted by Gasteiger charge is -2.13. The van der Waals surface area contributed by atoms with Crippen molar-refractivity contribution in [3.63, 3.8) is 0 Å². The third-order valence-corrected chi connectivity index (χ3v) is 7.97. The second kappa shape index (κ2) is 11.1. The Morgan fingerprint density at radius 2 is 1.84 bits per heavy atom. The number of alkyl carbamates (subject to hydrolysis) is 1. The van der Waals surface area contributed by atoms with Crippen LogP contribution in [0, 0.1) is 0 Å². The van der Waals surface area contributed by atoms with Gasteiger partial charge in [-0.25, -0.2) is 9.78 Å². The van der Waals surface area contributed by atoms with Gasteiger partial charge in [0.1, 0.15) is 12.3 Å². The summed E-state index contributed by atoms with van der Waals surface area (Å²) in [7, 11) is 0. The van der Waals surface area contributed by atoms with Gasteiger partial charge in [0.25, 0.3) is 5.56 Å². The number of fused-ring (bicyclic) bond motifs is 1. The Bertz CT molecular complexity index is 1620. The van der Waals surface area contributed by atoms with E-state index in [0.29, 0.717) is 28.5 Å². The summed E-state index contributed by atoms with van der Waals surface area (Å²) >= 11 is 16.8. The molecule has 1 fully saturated rings. The molecule has 0 unspecified atom stereocenters. The van der Waals surface area contributed by atoms with Crippen LogP contribution < -0.4 is 16.2 Å². The van der Waals surface area contributed by atoms with Gasteiger partial charge in [-0.3, -0.25) is 14.0 Å². The molecule has 1 aliphatic heterocycles. The van der Waals surface area contributed by atoms with Crippen molar-refractivity contribution in [1.82, 2.24) is 20.0 Å². The molecular formula is C27H21BrCl2N4O4. The molecule has 194 valence electrons. The van der Waals surface area contributed by atoms with Crippen LogP contribution in [-0.2, 0) is 16.1 Å². The fourth-order valence-electron chi connectivity index (χ4n) is 4.29. The van der Waals surface area contributed by atoms with Crippen molar-refractivity contribution in [3.05, 3.63) is 91.4 Å². The number of pyridine rings is 1. The average molecular weight is 616 g/mol. The van der Waals surface area contributed by atoms with E-state index in [-0.39, 0.29) is 36.2 Å². The summed E-state index contributed by atoms with van der Waals surface area (Å²) in [6.45, 7) is 0.0282. The Labute approximate surface area is 236 Å². The minimum atomic E-state index is -0.675. The molecule has 11 heteroatoms. The number of benzene rings is 2. The highest BCUT2D eigenvalue weighted by Crippen LogP contribution is 2.41. The van der Waals surface area contributed by atoms with Gasteiger partial charge < -0.3 is 15.4 Å². The third kappa shape index (κ3) is 5.41. The topological polar surface area (TPSA) is 102 Å². The molecule has 0 aliphatic carbocycles. The zero-order chi connectivity index (χ0) is 26.8. The van der Waals surface area contributed by atoms with Gasteiger partial charge >= 0.3 is 6.09 Å². The molecule has 2 amide bonds. The highest BCUT2D eigenvalue weighted by molar-refractivity contribution is 9.10. The highest BCUT2D eigenvalue weighted by Gasteiger charge is 2.21. The van der Waals surface area contributed by atoms with Crippen molar-refractivity contribution >= 4 is 56.8 Å². The first-order chi connectivity index (χ1) is 18.3. The molecule has 4 aromatic rings. The molecule has 2 aromatic heterocycles. The quantitative estimate of drug-likeness (QED) is 0.294. The lowest BCUT2D eigenvalue weighted by molar-refractivity contribution is -0.119. The Balaban J connectivity index is 1.34. The number of aromatic nitrogens is 2. The summed E-state index contributed by atoms with van der Waals surface area (Å²) in [4.78, 5) is 40.7. The van der Waals surface area contributed by atoms with Gasteiger partial charge in [0.05, 0.1) is 15.6 Å². The number of hydrogen-bond acceptors (Lipinski definition) is 5. The minimum Gasteiger partial charge on any atom is -0.444 e. The van der Waals surface area contributed by atoms with Gasteiger partial charge in [-0.2, -0.15) is 0 Å². The normalized spacial score (nSPS) is 14.9. The first kappa shape index (κ1) is 26.2. The van der Waals surface area contributed by atoms with Gasteiger partial charge in [0.15, 0.2) is 0 Å². The predicted molar refractivity (Wildman–Crippen MR) is 149 cm³/mol. The molecule has 2 aromatic carbocycles.